The lowest BCUT2D eigenvalue weighted by Gasteiger charge is -2.23. The maximum Gasteiger partial charge on any atom is 0.573 e. The Morgan fingerprint density at radius 3 is 1.48 bits per heavy atom. The third-order valence-electron chi connectivity index (χ3n) is 11.8. The summed E-state index contributed by atoms with van der Waals surface area (Å²) < 4.78 is 164. The highest BCUT2D eigenvalue weighted by molar-refractivity contribution is 5.85. The molecule has 0 saturated carbocycles. The van der Waals surface area contributed by atoms with Crippen LogP contribution in [0.1, 0.15) is 82.8 Å². The van der Waals surface area contributed by atoms with Gasteiger partial charge in [-0.1, -0.05) is 70.4 Å². The largest absolute Gasteiger partial charge is 0.573 e. The van der Waals surface area contributed by atoms with E-state index in [2.05, 4.69) is 16.1 Å². The van der Waals surface area contributed by atoms with Crippen LogP contribution in [0.15, 0.2) is 116 Å². The molecule has 0 N–H and O–H groups in total. The molecule has 1 unspecified atom stereocenters. The number of unbranched alkanes of at least 4 members (excludes halogenated alkanes) is 4. The first-order chi connectivity index (χ1) is 35.6. The summed E-state index contributed by atoms with van der Waals surface area (Å²) in [6.07, 6.45) is -9.87. The monoisotopic (exact) mass is 1060 g/mol. The molecule has 0 bridgehead atoms. The number of carbonyl (C=O) groups excluding carboxylic acids is 1. The molecule has 0 aliphatic heterocycles. The van der Waals surface area contributed by atoms with Crippen LogP contribution in [0, 0.1) is 5.92 Å². The number of carbonyl (C=O) groups is 1. The zero-order chi connectivity index (χ0) is 54.3. The molecule has 0 saturated heterocycles. The molecule has 6 rings (SSSR count). The van der Waals surface area contributed by atoms with Gasteiger partial charge in [-0.05, 0) is 85.3 Å². The summed E-state index contributed by atoms with van der Waals surface area (Å²) in [4.78, 5) is 38.3. The van der Waals surface area contributed by atoms with E-state index in [1.165, 1.54) is 72.8 Å². The number of hydrogen-bond donors (Lipinski definition) is 0. The van der Waals surface area contributed by atoms with Crippen molar-refractivity contribution in [1.29, 1.82) is 0 Å². The molecule has 0 radical (unpaired) electrons. The van der Waals surface area contributed by atoms with Gasteiger partial charge in [0.15, 0.2) is 0 Å². The van der Waals surface area contributed by atoms with Gasteiger partial charge in [0, 0.05) is 58.9 Å². The van der Waals surface area contributed by atoms with Crippen molar-refractivity contribution in [3.8, 4) is 45.3 Å². The Balaban J connectivity index is 1.17. The first-order valence-electron chi connectivity index (χ1n) is 24.3. The van der Waals surface area contributed by atoms with E-state index in [9.17, 15) is 53.9 Å². The maximum atomic E-state index is 13.6. The van der Waals surface area contributed by atoms with Gasteiger partial charge in [0.05, 0.1) is 50.1 Å². The van der Waals surface area contributed by atoms with E-state index in [0.717, 1.165) is 44.6 Å². The van der Waals surface area contributed by atoms with Gasteiger partial charge in [-0.3, -0.25) is 0 Å². The lowest BCUT2D eigenvalue weighted by Crippen LogP contribution is -2.28. The van der Waals surface area contributed by atoms with E-state index in [0.29, 0.717) is 34.7 Å². The Morgan fingerprint density at radius 2 is 1.07 bits per heavy atom. The molecule has 4 aromatic carbocycles. The number of alkyl halides is 9. The number of benzene rings is 4. The molecule has 2 heterocycles. The molecule has 11 nitrogen and oxygen atoms in total. The van der Waals surface area contributed by atoms with Crippen molar-refractivity contribution in [1.82, 2.24) is 0 Å². The highest BCUT2D eigenvalue weighted by Crippen LogP contribution is 2.38. The fraction of sp³-hybridized carbons (Fsp3) is 0.400. The lowest BCUT2D eigenvalue weighted by molar-refractivity contribution is -0.275. The number of aryl methyl sites for hydroxylation is 2. The van der Waals surface area contributed by atoms with E-state index in [4.69, 9.17) is 27.8 Å². The topological polar surface area (TPSA) is 133 Å². The minimum atomic E-state index is -5.04. The fourth-order valence-corrected chi connectivity index (χ4v) is 8.16. The molecule has 0 amide bonds. The van der Waals surface area contributed by atoms with Crippen LogP contribution < -0.4 is 30.2 Å². The van der Waals surface area contributed by atoms with E-state index >= 15 is 0 Å². The van der Waals surface area contributed by atoms with Gasteiger partial charge in [-0.25, -0.2) is 14.4 Å². The van der Waals surface area contributed by atoms with Crippen molar-refractivity contribution in [2.75, 3.05) is 26.4 Å². The maximum absolute atomic E-state index is 13.6. The minimum Gasteiger partial charge on any atom is -0.493 e. The third-order valence-corrected chi connectivity index (χ3v) is 11.8. The normalized spacial score (nSPS) is 12.5. The summed E-state index contributed by atoms with van der Waals surface area (Å²) in [6, 6.07) is 20.1. The van der Waals surface area contributed by atoms with Gasteiger partial charge >= 0.3 is 36.1 Å². The number of hydrogen-bond acceptors (Lipinski definition) is 11. The molecule has 2 aromatic heterocycles. The van der Waals surface area contributed by atoms with Crippen molar-refractivity contribution in [3.05, 3.63) is 130 Å². The molecule has 6 aromatic rings. The number of halogens is 9. The molecule has 0 fully saturated rings. The summed E-state index contributed by atoms with van der Waals surface area (Å²) in [6.45, 7) is 5.92. The highest BCUT2D eigenvalue weighted by Gasteiger charge is 2.35. The van der Waals surface area contributed by atoms with Crippen molar-refractivity contribution >= 4 is 27.9 Å². The molecule has 0 aliphatic rings. The SMILES string of the molecule is C=CC(=O)OCC(COC(CCOc1ccc2cc(-c3ccc(CCCCC)cc3OC(F)(F)F)c(=O)oc2c1)CCOc1ccc2cc(-c3ccc(CCCCC)cc3OC(F)(F)F)c(=O)oc2c1)CC(F)(F)F. The van der Waals surface area contributed by atoms with Crippen LogP contribution in [0.25, 0.3) is 44.2 Å². The average molecular weight is 1060 g/mol. The van der Waals surface area contributed by atoms with Crippen LogP contribution in [0.4, 0.5) is 39.5 Å². The molecule has 1 atom stereocenters. The first kappa shape index (κ1) is 57.3. The highest BCUT2D eigenvalue weighted by atomic mass is 19.4. The van der Waals surface area contributed by atoms with Crippen molar-refractivity contribution in [2.24, 2.45) is 5.92 Å². The number of ether oxygens (including phenoxy) is 6. The van der Waals surface area contributed by atoms with E-state index < -0.39 is 79.3 Å². The Bertz CT molecular complexity index is 2820. The van der Waals surface area contributed by atoms with E-state index in [1.54, 1.807) is 12.1 Å². The zero-order valence-electron chi connectivity index (χ0n) is 41.0. The summed E-state index contributed by atoms with van der Waals surface area (Å²) in [5.41, 5.74) is -1.20. The molecular formula is C55H55F9O11. The number of fused-ring (bicyclic) bond motifs is 2. The van der Waals surface area contributed by atoms with Crippen LogP contribution in [0.5, 0.6) is 23.0 Å². The number of rotatable bonds is 27. The van der Waals surface area contributed by atoms with Gasteiger partial charge in [0.2, 0.25) is 0 Å². The van der Waals surface area contributed by atoms with E-state index in [1.807, 2.05) is 13.8 Å². The minimum absolute atomic E-state index is 0.0375. The Kier molecular flexibility index (Phi) is 19.9. The smallest absolute Gasteiger partial charge is 0.493 e. The Labute approximate surface area is 425 Å². The van der Waals surface area contributed by atoms with E-state index in [-0.39, 0.29) is 71.0 Å². The van der Waals surface area contributed by atoms with Crippen molar-refractivity contribution in [3.63, 3.8) is 0 Å². The predicted octanol–water partition coefficient (Wildman–Crippen LogP) is 14.4. The van der Waals surface area contributed by atoms with Gasteiger partial charge in [0.1, 0.15) is 34.2 Å². The summed E-state index contributed by atoms with van der Waals surface area (Å²) in [5.74, 6) is -2.94. The van der Waals surface area contributed by atoms with Gasteiger partial charge in [-0.2, -0.15) is 13.2 Å². The third kappa shape index (κ3) is 17.9. The van der Waals surface area contributed by atoms with Gasteiger partial charge < -0.3 is 37.3 Å². The molecule has 20 heteroatoms. The van der Waals surface area contributed by atoms with Crippen LogP contribution in [0.2, 0.25) is 0 Å². The van der Waals surface area contributed by atoms with Crippen LogP contribution >= 0.6 is 0 Å². The Hall–Kier alpha value is -6.96. The quantitative estimate of drug-likeness (QED) is 0.0160. The lowest BCUT2D eigenvalue weighted by atomic mass is 10.00. The van der Waals surface area contributed by atoms with Gasteiger partial charge in [0.25, 0.3) is 0 Å². The molecule has 404 valence electrons. The summed E-state index contributed by atoms with van der Waals surface area (Å²) in [7, 11) is 0. The molecule has 0 spiro atoms. The van der Waals surface area contributed by atoms with Crippen LogP contribution in [-0.4, -0.2) is 57.4 Å². The first-order valence-corrected chi connectivity index (χ1v) is 24.3. The summed E-state index contributed by atoms with van der Waals surface area (Å²) >= 11 is 0. The van der Waals surface area contributed by atoms with Gasteiger partial charge in [-0.15, -0.1) is 26.3 Å². The number of esters is 1. The fourth-order valence-electron chi connectivity index (χ4n) is 8.16. The average Bonchev–Trinajstić information content (AvgIpc) is 3.33. The Morgan fingerprint density at radius 1 is 0.600 bits per heavy atom. The molecular weight excluding hydrogens is 1010 g/mol. The predicted molar refractivity (Wildman–Crippen MR) is 261 cm³/mol. The van der Waals surface area contributed by atoms with Crippen molar-refractivity contribution in [2.45, 2.75) is 109 Å². The van der Waals surface area contributed by atoms with Crippen molar-refractivity contribution < 1.29 is 81.6 Å². The second-order valence-electron chi connectivity index (χ2n) is 17.7. The van der Waals surface area contributed by atoms with Crippen LogP contribution in [0.3, 0.4) is 0 Å². The zero-order valence-corrected chi connectivity index (χ0v) is 41.0. The summed E-state index contributed by atoms with van der Waals surface area (Å²) in [5, 5.41) is 0.683. The molecule has 75 heavy (non-hydrogen) atoms. The molecule has 0 aliphatic carbocycles. The standard InChI is InChI=1S/C55H55F9O11/c1-4-7-9-11-34-13-19-42(48(25-34)74-54(59,60)61)44-27-37-15-17-40(29-46(37)72-51(44)66)68-23-21-39(70-32-36(31-53(56,57)58)33-71-50(65)6-3)22-24-69-41-18-16-38-28-45(52(67)73-47(38)30-41)43-20-14-35(12-10-8-5-2)26-49(43)75-55(62,63)64/h6,13-20,25-30,36,39H,3-5,7-12,21-24,31-33H2,1-2H3. The second kappa shape index (κ2) is 26.0. The van der Waals surface area contributed by atoms with Crippen LogP contribution in [-0.2, 0) is 27.1 Å². The second-order valence-corrected chi connectivity index (χ2v) is 17.7.